The molecule has 0 saturated carbocycles. The lowest BCUT2D eigenvalue weighted by molar-refractivity contribution is -0.116. The van der Waals surface area contributed by atoms with E-state index in [1.807, 2.05) is 13.8 Å². The van der Waals surface area contributed by atoms with Gasteiger partial charge in [0.1, 0.15) is 0 Å². The van der Waals surface area contributed by atoms with E-state index in [2.05, 4.69) is 5.32 Å². The number of hydrogen-bond donors (Lipinski definition) is 1. The van der Waals surface area contributed by atoms with Gasteiger partial charge in [-0.2, -0.15) is 0 Å². The van der Waals surface area contributed by atoms with Gasteiger partial charge >= 0.3 is 0 Å². The maximum atomic E-state index is 10.5. The van der Waals surface area contributed by atoms with E-state index in [1.54, 1.807) is 6.08 Å². The third-order valence-corrected chi connectivity index (χ3v) is 1.40. The van der Waals surface area contributed by atoms with Crippen LogP contribution in [-0.2, 0) is 4.79 Å². The Kier molecular flexibility index (Phi) is 1.08. The third kappa shape index (κ3) is 0.735. The van der Waals surface area contributed by atoms with Crippen LogP contribution < -0.4 is 5.32 Å². The summed E-state index contributed by atoms with van der Waals surface area (Å²) in [6.07, 6.45) is 1.63. The Morgan fingerprint density at radius 2 is 2.38 bits per heavy atom. The summed E-state index contributed by atoms with van der Waals surface area (Å²) >= 11 is 0. The number of rotatable bonds is 0. The van der Waals surface area contributed by atoms with Crippen molar-refractivity contribution < 1.29 is 4.79 Å². The van der Waals surface area contributed by atoms with Crippen LogP contribution in [0.4, 0.5) is 0 Å². The van der Waals surface area contributed by atoms with Gasteiger partial charge in [-0.1, -0.05) is 0 Å². The molecule has 2 nitrogen and oxygen atoms in total. The second-order valence-electron chi connectivity index (χ2n) is 2.12. The molecule has 0 fully saturated rings. The minimum atomic E-state index is 0.0370. The molecule has 0 aromatic rings. The topological polar surface area (TPSA) is 29.1 Å². The molecule has 1 amide bonds. The van der Waals surface area contributed by atoms with E-state index in [0.717, 1.165) is 5.57 Å². The summed E-state index contributed by atoms with van der Waals surface area (Å²) in [6.45, 7) is 3.92. The zero-order valence-electron chi connectivity index (χ0n) is 5.06. The Morgan fingerprint density at radius 3 is 2.50 bits per heavy atom. The first kappa shape index (κ1) is 5.35. The van der Waals surface area contributed by atoms with Gasteiger partial charge in [-0.3, -0.25) is 4.79 Å². The van der Waals surface area contributed by atoms with Gasteiger partial charge in [0.2, 0.25) is 5.91 Å². The summed E-state index contributed by atoms with van der Waals surface area (Å²) in [5.41, 5.74) is 1.12. The fourth-order valence-electron chi connectivity index (χ4n) is 0.701. The normalized spacial score (nSPS) is 27.5. The SMILES string of the molecule is CC1=CC(=O)NC1C. The highest BCUT2D eigenvalue weighted by atomic mass is 16.1. The molecule has 1 N–H and O–H groups in total. The van der Waals surface area contributed by atoms with E-state index in [0.29, 0.717) is 0 Å². The highest BCUT2D eigenvalue weighted by Crippen LogP contribution is 2.05. The standard InChI is InChI=1S/C6H9NO/c1-4-3-6(8)7-5(4)2/h3,5H,1-2H3,(H,7,8). The highest BCUT2D eigenvalue weighted by Gasteiger charge is 2.13. The second-order valence-corrected chi connectivity index (χ2v) is 2.12. The van der Waals surface area contributed by atoms with Crippen molar-refractivity contribution in [2.45, 2.75) is 19.9 Å². The Balaban J connectivity index is 2.73. The van der Waals surface area contributed by atoms with Gasteiger partial charge in [0.25, 0.3) is 0 Å². The van der Waals surface area contributed by atoms with Gasteiger partial charge in [-0.05, 0) is 19.4 Å². The minimum Gasteiger partial charge on any atom is -0.346 e. The fraction of sp³-hybridized carbons (Fsp3) is 0.500. The average molecular weight is 111 g/mol. The molecular formula is C6H9NO. The van der Waals surface area contributed by atoms with Crippen LogP contribution in [0.2, 0.25) is 0 Å². The number of carbonyl (C=O) groups excluding carboxylic acids is 1. The van der Waals surface area contributed by atoms with Gasteiger partial charge in [0.15, 0.2) is 0 Å². The zero-order valence-corrected chi connectivity index (χ0v) is 5.06. The third-order valence-electron chi connectivity index (χ3n) is 1.40. The summed E-state index contributed by atoms with van der Waals surface area (Å²) in [5.74, 6) is 0.0370. The van der Waals surface area contributed by atoms with Gasteiger partial charge in [0.05, 0.1) is 0 Å². The molecule has 0 spiro atoms. The molecule has 1 aliphatic heterocycles. The smallest absolute Gasteiger partial charge is 0.244 e. The van der Waals surface area contributed by atoms with Crippen LogP contribution in [0.3, 0.4) is 0 Å². The van der Waals surface area contributed by atoms with Crippen LogP contribution in [0, 0.1) is 0 Å². The molecular weight excluding hydrogens is 102 g/mol. The molecule has 0 aromatic heterocycles. The van der Waals surface area contributed by atoms with Crippen molar-refractivity contribution in [3.05, 3.63) is 11.6 Å². The summed E-state index contributed by atoms with van der Waals surface area (Å²) in [5, 5.41) is 2.73. The molecule has 8 heavy (non-hydrogen) atoms. The monoisotopic (exact) mass is 111 g/mol. The van der Waals surface area contributed by atoms with Crippen molar-refractivity contribution in [1.82, 2.24) is 5.32 Å². The lowest BCUT2D eigenvalue weighted by Gasteiger charge is -2.01. The minimum absolute atomic E-state index is 0.0370. The number of carbonyl (C=O) groups is 1. The molecule has 2 heteroatoms. The number of nitrogens with one attached hydrogen (secondary N) is 1. The van der Waals surface area contributed by atoms with E-state index in [1.165, 1.54) is 0 Å². The molecule has 1 unspecified atom stereocenters. The van der Waals surface area contributed by atoms with Crippen molar-refractivity contribution >= 4 is 5.91 Å². The molecule has 0 saturated heterocycles. The Labute approximate surface area is 48.6 Å². The maximum absolute atomic E-state index is 10.5. The van der Waals surface area contributed by atoms with Crippen LogP contribution in [0.5, 0.6) is 0 Å². The molecule has 0 bridgehead atoms. The number of hydrogen-bond acceptors (Lipinski definition) is 1. The van der Waals surface area contributed by atoms with E-state index in [-0.39, 0.29) is 11.9 Å². The van der Waals surface area contributed by atoms with Gasteiger partial charge in [-0.15, -0.1) is 0 Å². The largest absolute Gasteiger partial charge is 0.346 e. The van der Waals surface area contributed by atoms with Crippen LogP contribution in [-0.4, -0.2) is 11.9 Å². The van der Waals surface area contributed by atoms with E-state index in [4.69, 9.17) is 0 Å². The van der Waals surface area contributed by atoms with Gasteiger partial charge < -0.3 is 5.32 Å². The zero-order chi connectivity index (χ0) is 6.15. The van der Waals surface area contributed by atoms with Gasteiger partial charge in [-0.25, -0.2) is 0 Å². The van der Waals surface area contributed by atoms with E-state index < -0.39 is 0 Å². The molecule has 1 atom stereocenters. The lowest BCUT2D eigenvalue weighted by Crippen LogP contribution is -2.24. The number of amides is 1. The molecule has 0 aromatic carbocycles. The predicted octanol–water partition coefficient (Wildman–Crippen LogP) is 0.451. The van der Waals surface area contributed by atoms with Crippen molar-refractivity contribution in [3.8, 4) is 0 Å². The average Bonchev–Trinajstić information content (AvgIpc) is 1.85. The molecule has 0 aliphatic carbocycles. The first-order valence-corrected chi connectivity index (χ1v) is 2.69. The molecule has 44 valence electrons. The van der Waals surface area contributed by atoms with Crippen molar-refractivity contribution in [3.63, 3.8) is 0 Å². The maximum Gasteiger partial charge on any atom is 0.244 e. The first-order valence-electron chi connectivity index (χ1n) is 2.69. The van der Waals surface area contributed by atoms with E-state index >= 15 is 0 Å². The predicted molar refractivity (Wildman–Crippen MR) is 31.4 cm³/mol. The summed E-state index contributed by atoms with van der Waals surface area (Å²) in [4.78, 5) is 10.5. The first-order chi connectivity index (χ1) is 3.70. The second kappa shape index (κ2) is 1.62. The van der Waals surface area contributed by atoms with E-state index in [9.17, 15) is 4.79 Å². The Bertz CT molecular complexity index is 149. The summed E-state index contributed by atoms with van der Waals surface area (Å²) in [7, 11) is 0. The Hall–Kier alpha value is -0.790. The summed E-state index contributed by atoms with van der Waals surface area (Å²) < 4.78 is 0. The highest BCUT2D eigenvalue weighted by molar-refractivity contribution is 5.91. The van der Waals surface area contributed by atoms with Crippen molar-refractivity contribution in [1.29, 1.82) is 0 Å². The fourth-order valence-corrected chi connectivity index (χ4v) is 0.701. The Morgan fingerprint density at radius 1 is 1.75 bits per heavy atom. The van der Waals surface area contributed by atoms with Crippen LogP contribution >= 0.6 is 0 Å². The van der Waals surface area contributed by atoms with Crippen molar-refractivity contribution in [2.24, 2.45) is 0 Å². The lowest BCUT2D eigenvalue weighted by atomic mass is 10.2. The van der Waals surface area contributed by atoms with Gasteiger partial charge in [0, 0.05) is 12.1 Å². The molecule has 1 rings (SSSR count). The molecule has 1 aliphatic rings. The van der Waals surface area contributed by atoms with Crippen LogP contribution in [0.1, 0.15) is 13.8 Å². The molecule has 1 heterocycles. The quantitative estimate of drug-likeness (QED) is 0.483. The van der Waals surface area contributed by atoms with Crippen LogP contribution in [0.15, 0.2) is 11.6 Å². The van der Waals surface area contributed by atoms with Crippen LogP contribution in [0.25, 0.3) is 0 Å². The summed E-state index contributed by atoms with van der Waals surface area (Å²) in [6, 6.07) is 0.252. The van der Waals surface area contributed by atoms with Crippen molar-refractivity contribution in [2.75, 3.05) is 0 Å². The molecule has 0 radical (unpaired) electrons.